The van der Waals surface area contributed by atoms with E-state index in [2.05, 4.69) is 33.5 Å². The van der Waals surface area contributed by atoms with Crippen LogP contribution < -0.4 is 0 Å². The van der Waals surface area contributed by atoms with Crippen molar-refractivity contribution in [3.05, 3.63) is 0 Å². The molecule has 1 unspecified atom stereocenters. The van der Waals surface area contributed by atoms with Crippen LogP contribution in [0.2, 0.25) is 5.82 Å². The second kappa shape index (κ2) is 5.15. The Bertz CT molecular complexity index is 172. The summed E-state index contributed by atoms with van der Waals surface area (Å²) < 4.78 is -1.00. The van der Waals surface area contributed by atoms with Crippen LogP contribution >= 0.6 is 4.73 Å². The second-order valence-electron chi connectivity index (χ2n) is 4.10. The molecule has 0 fully saturated rings. The fraction of sp³-hybridized carbons (Fsp3) is 1.00. The summed E-state index contributed by atoms with van der Waals surface area (Å²) in [5.41, 5.74) is 0. The summed E-state index contributed by atoms with van der Waals surface area (Å²) in [7, 11) is 0. The third kappa shape index (κ3) is 3.50. The molecule has 0 saturated carbocycles. The van der Waals surface area contributed by atoms with Gasteiger partial charge in [0.15, 0.2) is 0 Å². The fourth-order valence-electron chi connectivity index (χ4n) is 1.07. The average Bonchev–Trinajstić information content (AvgIpc) is 1.98. The maximum atomic E-state index is 5.84. The van der Waals surface area contributed by atoms with Gasteiger partial charge in [-0.25, -0.2) is 0 Å². The molecule has 0 nitrogen and oxygen atoms in total. The molecule has 0 heterocycles. The normalized spacial score (nSPS) is 17.4. The van der Waals surface area contributed by atoms with E-state index in [1.54, 1.807) is 0 Å². The number of hydrogen-bond donors (Lipinski definition) is 0. The zero-order chi connectivity index (χ0) is 9.83. The van der Waals surface area contributed by atoms with E-state index in [1.807, 2.05) is 0 Å². The van der Waals surface area contributed by atoms with E-state index < -0.39 is 4.73 Å². The van der Waals surface area contributed by atoms with Crippen molar-refractivity contribution >= 4 is 31.0 Å². The molecule has 0 aliphatic rings. The number of hydrogen-bond acceptors (Lipinski definition) is 1. The van der Waals surface area contributed by atoms with E-state index >= 15 is 0 Å². The van der Waals surface area contributed by atoms with Gasteiger partial charge in [0.25, 0.3) is 0 Å². The minimum absolute atomic E-state index is 0.409. The van der Waals surface area contributed by atoms with Crippen molar-refractivity contribution in [2.75, 3.05) is 6.16 Å². The van der Waals surface area contributed by atoms with Gasteiger partial charge in [0.1, 0.15) is 0 Å². The molecule has 0 aromatic rings. The Balaban J connectivity index is 4.36. The Kier molecular flexibility index (Phi) is 5.65. The first-order chi connectivity index (χ1) is 5.37. The van der Waals surface area contributed by atoms with Gasteiger partial charge in [-0.15, -0.1) is 0 Å². The topological polar surface area (TPSA) is 0 Å². The van der Waals surface area contributed by atoms with Crippen LogP contribution in [-0.2, 0) is 11.8 Å². The van der Waals surface area contributed by atoms with Gasteiger partial charge in [0, 0.05) is 0 Å². The summed E-state index contributed by atoms with van der Waals surface area (Å²) in [6.45, 7) is 9.24. The summed E-state index contributed by atoms with van der Waals surface area (Å²) in [6.07, 6.45) is 3.97. The Morgan fingerprint density at radius 3 is 2.08 bits per heavy atom. The summed E-state index contributed by atoms with van der Waals surface area (Å²) >= 11 is 6.53. The maximum absolute atomic E-state index is 5.84. The van der Waals surface area contributed by atoms with Crippen molar-refractivity contribution in [2.45, 2.75) is 51.5 Å². The first kappa shape index (κ1) is 13.2. The molecular formula is C9H21PSSe. The van der Waals surface area contributed by atoms with Crippen molar-refractivity contribution in [3.63, 3.8) is 0 Å². The Hall–Kier alpha value is 1.17. The first-order valence-electron chi connectivity index (χ1n) is 4.52. The van der Waals surface area contributed by atoms with Crippen LogP contribution in [0.25, 0.3) is 0 Å². The standard InChI is InChI=1S/C9H21PSSe/c1-6-7-8-10(11,12-5)9(2,3)4/h6-8H2,1-5H3. The summed E-state index contributed by atoms with van der Waals surface area (Å²) in [6, 6.07) is 0. The van der Waals surface area contributed by atoms with Crippen LogP contribution in [0.15, 0.2) is 0 Å². The van der Waals surface area contributed by atoms with Gasteiger partial charge in [-0.2, -0.15) is 0 Å². The molecule has 0 radical (unpaired) electrons. The van der Waals surface area contributed by atoms with E-state index in [9.17, 15) is 0 Å². The van der Waals surface area contributed by atoms with Gasteiger partial charge >= 0.3 is 88.7 Å². The fourth-order valence-corrected chi connectivity index (χ4v) is 9.00. The molecule has 0 aromatic heterocycles. The van der Waals surface area contributed by atoms with Crippen molar-refractivity contribution in [2.24, 2.45) is 0 Å². The quantitative estimate of drug-likeness (QED) is 0.554. The SMILES string of the molecule is CCCCP(=S)([Se]C)C(C)(C)C. The molecule has 0 bridgehead atoms. The van der Waals surface area contributed by atoms with Crippen LogP contribution in [0.3, 0.4) is 0 Å². The van der Waals surface area contributed by atoms with Crippen LogP contribution in [0.1, 0.15) is 40.5 Å². The second-order valence-corrected chi connectivity index (χ2v) is 17.3. The zero-order valence-electron chi connectivity index (χ0n) is 8.89. The van der Waals surface area contributed by atoms with E-state index in [-0.39, 0.29) is 0 Å². The van der Waals surface area contributed by atoms with E-state index in [0.29, 0.717) is 19.7 Å². The molecule has 0 aliphatic carbocycles. The van der Waals surface area contributed by atoms with Gasteiger partial charge in [-0.3, -0.25) is 0 Å². The van der Waals surface area contributed by atoms with Crippen molar-refractivity contribution < 1.29 is 0 Å². The molecule has 0 N–H and O–H groups in total. The molecule has 0 aromatic carbocycles. The zero-order valence-corrected chi connectivity index (χ0v) is 12.3. The third-order valence-electron chi connectivity index (χ3n) is 2.12. The van der Waals surface area contributed by atoms with Gasteiger partial charge in [-0.1, -0.05) is 0 Å². The van der Waals surface area contributed by atoms with Crippen molar-refractivity contribution in [1.29, 1.82) is 0 Å². The van der Waals surface area contributed by atoms with Crippen LogP contribution in [0, 0.1) is 0 Å². The minimum atomic E-state index is -1.00. The van der Waals surface area contributed by atoms with Crippen LogP contribution in [0.5, 0.6) is 0 Å². The number of unbranched alkanes of at least 4 members (excludes halogenated alkanes) is 1. The molecular weight excluding hydrogens is 250 g/mol. The van der Waals surface area contributed by atoms with E-state index in [4.69, 9.17) is 11.8 Å². The van der Waals surface area contributed by atoms with Crippen LogP contribution in [-0.4, -0.2) is 25.8 Å². The molecule has 0 rings (SSSR count). The predicted octanol–water partition coefficient (Wildman–Crippen LogP) is 3.73. The summed E-state index contributed by atoms with van der Waals surface area (Å²) in [5.74, 6) is 2.33. The molecule has 3 heteroatoms. The Morgan fingerprint density at radius 2 is 1.83 bits per heavy atom. The van der Waals surface area contributed by atoms with E-state index in [1.165, 1.54) is 19.0 Å². The van der Waals surface area contributed by atoms with Crippen molar-refractivity contribution in [3.8, 4) is 0 Å². The molecule has 12 heavy (non-hydrogen) atoms. The van der Waals surface area contributed by atoms with Gasteiger partial charge < -0.3 is 0 Å². The summed E-state index contributed by atoms with van der Waals surface area (Å²) in [5, 5.41) is 0.409. The Morgan fingerprint density at radius 1 is 1.33 bits per heavy atom. The monoisotopic (exact) mass is 272 g/mol. The Labute approximate surface area is 88.7 Å². The van der Waals surface area contributed by atoms with Crippen LogP contribution in [0.4, 0.5) is 0 Å². The van der Waals surface area contributed by atoms with Gasteiger partial charge in [0.2, 0.25) is 0 Å². The third-order valence-corrected chi connectivity index (χ3v) is 18.5. The molecule has 0 aliphatic heterocycles. The molecule has 0 spiro atoms. The van der Waals surface area contributed by atoms with Crippen molar-refractivity contribution in [1.82, 2.24) is 0 Å². The molecule has 74 valence electrons. The first-order valence-corrected chi connectivity index (χ1v) is 11.4. The van der Waals surface area contributed by atoms with Gasteiger partial charge in [0.05, 0.1) is 0 Å². The molecule has 1 atom stereocenters. The number of rotatable bonds is 4. The average molecular weight is 271 g/mol. The molecule has 0 saturated heterocycles. The summed E-state index contributed by atoms with van der Waals surface area (Å²) in [4.78, 5) is 0. The predicted molar refractivity (Wildman–Crippen MR) is 65.4 cm³/mol. The van der Waals surface area contributed by atoms with Gasteiger partial charge in [-0.05, 0) is 0 Å². The molecule has 0 amide bonds. The van der Waals surface area contributed by atoms with E-state index in [0.717, 1.165) is 0 Å².